The molecule has 2 aromatic heterocycles. The van der Waals surface area contributed by atoms with Gasteiger partial charge in [0.05, 0.1) is 11.4 Å². The number of anilines is 3. The summed E-state index contributed by atoms with van der Waals surface area (Å²) in [4.78, 5) is 18.1. The smallest absolute Gasteiger partial charge is 0.164 e. The first-order chi connectivity index (χ1) is 28.7. The molecule has 0 atom stereocenters. The van der Waals surface area contributed by atoms with E-state index in [1.54, 1.807) is 0 Å². The van der Waals surface area contributed by atoms with Gasteiger partial charge >= 0.3 is 0 Å². The van der Waals surface area contributed by atoms with Crippen molar-refractivity contribution in [3.05, 3.63) is 194 Å². The predicted octanol–water partition coefficient (Wildman–Crippen LogP) is 14.2. The van der Waals surface area contributed by atoms with Gasteiger partial charge < -0.3 is 9.32 Å². The second-order valence-electron chi connectivity index (χ2n) is 14.8. The van der Waals surface area contributed by atoms with Gasteiger partial charge in [0.15, 0.2) is 17.5 Å². The van der Waals surface area contributed by atoms with Crippen molar-refractivity contribution in [2.75, 3.05) is 4.90 Å². The van der Waals surface area contributed by atoms with E-state index in [-0.39, 0.29) is 0 Å². The summed E-state index contributed by atoms with van der Waals surface area (Å²) < 4.78 is 6.33. The summed E-state index contributed by atoms with van der Waals surface area (Å²) in [7, 11) is 0. The fourth-order valence-electron chi connectivity index (χ4n) is 8.76. The number of nitrogens with zero attached hydrogens (tertiary/aromatic N) is 4. The van der Waals surface area contributed by atoms with Gasteiger partial charge in [-0.25, -0.2) is 15.0 Å². The van der Waals surface area contributed by atoms with E-state index in [4.69, 9.17) is 19.4 Å². The summed E-state index contributed by atoms with van der Waals surface area (Å²) in [5, 5.41) is 6.66. The van der Waals surface area contributed by atoms with Crippen LogP contribution in [0.25, 0.3) is 99.9 Å². The van der Waals surface area contributed by atoms with Crippen LogP contribution in [0.15, 0.2) is 199 Å². The van der Waals surface area contributed by atoms with Gasteiger partial charge in [-0.2, -0.15) is 0 Å². The molecule has 3 heterocycles. The van der Waals surface area contributed by atoms with Crippen molar-refractivity contribution in [3.8, 4) is 56.4 Å². The molecular formula is C53H32N4O. The molecule has 0 amide bonds. The Balaban J connectivity index is 1.10. The number of hydrogen-bond donors (Lipinski definition) is 0. The quantitative estimate of drug-likeness (QED) is 0.176. The van der Waals surface area contributed by atoms with E-state index in [0.29, 0.717) is 17.5 Å². The van der Waals surface area contributed by atoms with Gasteiger partial charge in [-0.3, -0.25) is 0 Å². The van der Waals surface area contributed by atoms with E-state index in [9.17, 15) is 0 Å². The van der Waals surface area contributed by atoms with E-state index in [2.05, 4.69) is 181 Å². The molecule has 0 aliphatic carbocycles. The molecule has 11 aromatic rings. The second kappa shape index (κ2) is 12.8. The SMILES string of the molecule is c1ccc(-c2cccc3c2N(c2ccccc2)c2ccc(-c4nc(-c5ccc6ccccc6c5)nc(-c5ccc6c(c5)oc5ccccc56)n4)c4cccc-3c24)cc1. The Morgan fingerprint density at radius 1 is 0.362 bits per heavy atom. The van der Waals surface area contributed by atoms with Crippen LogP contribution in [0.1, 0.15) is 0 Å². The molecule has 0 saturated heterocycles. The number of hydrogen-bond acceptors (Lipinski definition) is 5. The minimum absolute atomic E-state index is 0.583. The van der Waals surface area contributed by atoms with Crippen molar-refractivity contribution in [3.63, 3.8) is 0 Å². The molecule has 12 rings (SSSR count). The lowest BCUT2D eigenvalue weighted by Gasteiger charge is -2.35. The average Bonchev–Trinajstić information content (AvgIpc) is 3.67. The van der Waals surface area contributed by atoms with E-state index >= 15 is 0 Å². The normalized spacial score (nSPS) is 12.1. The first-order valence-corrected chi connectivity index (χ1v) is 19.5. The molecule has 0 saturated carbocycles. The zero-order chi connectivity index (χ0) is 38.2. The monoisotopic (exact) mass is 740 g/mol. The summed E-state index contributed by atoms with van der Waals surface area (Å²) in [5.41, 5.74) is 12.4. The van der Waals surface area contributed by atoms with Crippen molar-refractivity contribution in [2.24, 2.45) is 0 Å². The lowest BCUT2D eigenvalue weighted by Crippen LogP contribution is -2.16. The molecule has 0 spiro atoms. The Labute approximate surface area is 334 Å². The van der Waals surface area contributed by atoms with E-state index in [1.165, 1.54) is 27.6 Å². The molecule has 0 N–H and O–H groups in total. The predicted molar refractivity (Wildman–Crippen MR) is 238 cm³/mol. The largest absolute Gasteiger partial charge is 0.456 e. The van der Waals surface area contributed by atoms with Crippen molar-refractivity contribution in [1.82, 2.24) is 15.0 Å². The van der Waals surface area contributed by atoms with Gasteiger partial charge in [-0.05, 0) is 75.8 Å². The zero-order valence-corrected chi connectivity index (χ0v) is 31.2. The lowest BCUT2D eigenvalue weighted by atomic mass is 9.86. The topological polar surface area (TPSA) is 55.1 Å². The van der Waals surface area contributed by atoms with Gasteiger partial charge in [0.2, 0.25) is 0 Å². The third-order valence-electron chi connectivity index (χ3n) is 11.4. The number of para-hydroxylation sites is 3. The van der Waals surface area contributed by atoms with Gasteiger partial charge in [-0.15, -0.1) is 0 Å². The van der Waals surface area contributed by atoms with Crippen LogP contribution in [0.5, 0.6) is 0 Å². The van der Waals surface area contributed by atoms with Gasteiger partial charge in [0.25, 0.3) is 0 Å². The highest BCUT2D eigenvalue weighted by Gasteiger charge is 2.30. The van der Waals surface area contributed by atoms with Gasteiger partial charge in [-0.1, -0.05) is 146 Å². The van der Waals surface area contributed by atoms with Crippen LogP contribution in [0, 0.1) is 0 Å². The number of furan rings is 1. The Bertz CT molecular complexity index is 3410. The zero-order valence-electron chi connectivity index (χ0n) is 31.2. The van der Waals surface area contributed by atoms with Crippen LogP contribution in [0.2, 0.25) is 0 Å². The van der Waals surface area contributed by atoms with Crippen molar-refractivity contribution in [2.45, 2.75) is 0 Å². The average molecular weight is 741 g/mol. The van der Waals surface area contributed by atoms with Crippen LogP contribution in [-0.4, -0.2) is 15.0 Å². The molecule has 9 aromatic carbocycles. The number of aromatic nitrogens is 3. The van der Waals surface area contributed by atoms with Crippen molar-refractivity contribution in [1.29, 1.82) is 0 Å². The lowest BCUT2D eigenvalue weighted by molar-refractivity contribution is 0.669. The second-order valence-corrected chi connectivity index (χ2v) is 14.8. The Morgan fingerprint density at radius 2 is 1.00 bits per heavy atom. The first kappa shape index (κ1) is 32.4. The maximum absolute atomic E-state index is 6.33. The van der Waals surface area contributed by atoms with Crippen molar-refractivity contribution < 1.29 is 4.42 Å². The summed E-state index contributed by atoms with van der Waals surface area (Å²) in [6.07, 6.45) is 0. The maximum Gasteiger partial charge on any atom is 0.164 e. The van der Waals surface area contributed by atoms with Crippen LogP contribution in [0.3, 0.4) is 0 Å². The molecule has 0 bridgehead atoms. The van der Waals surface area contributed by atoms with Crippen LogP contribution >= 0.6 is 0 Å². The highest BCUT2D eigenvalue weighted by atomic mass is 16.3. The standard InChI is InChI=1S/C53H32N4O/c1-3-14-34(15-4-1)39-20-11-23-44-42-21-12-22-43-45(29-30-46(49(42)43)57(50(39)44)38-17-5-2-6-18-38)53-55-51(36-26-25-33-13-7-8-16-35(33)31-36)54-52(56-53)37-27-28-41-40-19-9-10-24-47(40)58-48(41)32-37/h1-32H. The van der Waals surface area contributed by atoms with Crippen LogP contribution in [-0.2, 0) is 0 Å². The maximum atomic E-state index is 6.33. The summed E-state index contributed by atoms with van der Waals surface area (Å²) in [5.74, 6) is 1.80. The Hall–Kier alpha value is -7.89. The first-order valence-electron chi connectivity index (χ1n) is 19.5. The molecule has 0 radical (unpaired) electrons. The number of benzene rings is 9. The van der Waals surface area contributed by atoms with Gasteiger partial charge in [0, 0.05) is 49.7 Å². The van der Waals surface area contributed by atoms with Crippen LogP contribution < -0.4 is 4.90 Å². The van der Waals surface area contributed by atoms with E-state index < -0.39 is 0 Å². The van der Waals surface area contributed by atoms with Gasteiger partial charge in [0.1, 0.15) is 11.2 Å². The molecule has 1 aliphatic heterocycles. The van der Waals surface area contributed by atoms with E-state index in [0.717, 1.165) is 71.8 Å². The third-order valence-corrected chi connectivity index (χ3v) is 11.4. The molecular weight excluding hydrogens is 709 g/mol. The fourth-order valence-corrected chi connectivity index (χ4v) is 8.76. The highest BCUT2D eigenvalue weighted by Crippen LogP contribution is 2.55. The highest BCUT2D eigenvalue weighted by molar-refractivity contribution is 6.19. The molecule has 58 heavy (non-hydrogen) atoms. The molecule has 5 heteroatoms. The van der Waals surface area contributed by atoms with E-state index in [1.807, 2.05) is 18.2 Å². The number of fused-ring (bicyclic) bond motifs is 6. The molecule has 0 fully saturated rings. The minimum atomic E-state index is 0.583. The summed E-state index contributed by atoms with van der Waals surface area (Å²) >= 11 is 0. The molecule has 270 valence electrons. The Morgan fingerprint density at radius 3 is 1.86 bits per heavy atom. The minimum Gasteiger partial charge on any atom is -0.456 e. The summed E-state index contributed by atoms with van der Waals surface area (Å²) in [6, 6.07) is 68.1. The Kier molecular flexibility index (Phi) is 7.16. The third kappa shape index (κ3) is 5.07. The molecule has 0 unspecified atom stereocenters. The van der Waals surface area contributed by atoms with Crippen LogP contribution in [0.4, 0.5) is 17.1 Å². The molecule has 1 aliphatic rings. The van der Waals surface area contributed by atoms with Crippen molar-refractivity contribution >= 4 is 60.5 Å². The molecule has 5 nitrogen and oxygen atoms in total. The number of rotatable bonds is 5. The summed E-state index contributed by atoms with van der Waals surface area (Å²) in [6.45, 7) is 0. The fraction of sp³-hybridized carbons (Fsp3) is 0.